The molecule has 0 saturated carbocycles. The van der Waals surface area contributed by atoms with E-state index < -0.39 is 0 Å². The van der Waals surface area contributed by atoms with Gasteiger partial charge in [-0.2, -0.15) is 0 Å². The molecule has 21 heavy (non-hydrogen) atoms. The van der Waals surface area contributed by atoms with Crippen molar-refractivity contribution >= 4 is 5.95 Å². The zero-order valence-electron chi connectivity index (χ0n) is 14.0. The summed E-state index contributed by atoms with van der Waals surface area (Å²) >= 11 is 0. The van der Waals surface area contributed by atoms with Crippen molar-refractivity contribution in [1.29, 1.82) is 0 Å². The maximum absolute atomic E-state index is 4.68. The third-order valence-corrected chi connectivity index (χ3v) is 4.09. The number of anilines is 1. The van der Waals surface area contributed by atoms with E-state index in [1.54, 1.807) is 5.57 Å². The second-order valence-electron chi connectivity index (χ2n) is 6.74. The molecule has 0 bridgehead atoms. The normalized spacial score (nSPS) is 16.0. The lowest BCUT2D eigenvalue weighted by atomic mass is 9.83. The van der Waals surface area contributed by atoms with Gasteiger partial charge in [0.1, 0.15) is 0 Å². The summed E-state index contributed by atoms with van der Waals surface area (Å²) in [7, 11) is 0. The first-order valence-electron chi connectivity index (χ1n) is 7.89. The monoisotopic (exact) mass is 288 g/mol. The lowest BCUT2D eigenvalue weighted by molar-refractivity contribution is 0.471. The highest BCUT2D eigenvalue weighted by molar-refractivity contribution is 5.37. The Morgan fingerprint density at radius 3 is 2.62 bits per heavy atom. The summed E-state index contributed by atoms with van der Waals surface area (Å²) in [5.74, 6) is 0.858. The maximum atomic E-state index is 4.68. The van der Waals surface area contributed by atoms with Gasteiger partial charge < -0.3 is 10.2 Å². The van der Waals surface area contributed by atoms with Gasteiger partial charge in [0, 0.05) is 37.1 Å². The maximum Gasteiger partial charge on any atom is 0.225 e. The van der Waals surface area contributed by atoms with Crippen LogP contribution in [0.5, 0.6) is 0 Å². The van der Waals surface area contributed by atoms with Crippen molar-refractivity contribution in [2.24, 2.45) is 5.41 Å². The van der Waals surface area contributed by atoms with E-state index in [4.69, 9.17) is 0 Å². The van der Waals surface area contributed by atoms with Crippen LogP contribution in [0.1, 0.15) is 45.4 Å². The fraction of sp³-hybridized carbons (Fsp3) is 0.647. The van der Waals surface area contributed by atoms with Crippen molar-refractivity contribution in [3.05, 3.63) is 29.1 Å². The average Bonchev–Trinajstić information content (AvgIpc) is 2.45. The van der Waals surface area contributed by atoms with Crippen molar-refractivity contribution in [2.45, 2.75) is 47.6 Å². The van der Waals surface area contributed by atoms with Gasteiger partial charge in [0.2, 0.25) is 5.95 Å². The molecule has 1 aliphatic heterocycles. The Labute approximate surface area is 128 Å². The smallest absolute Gasteiger partial charge is 0.225 e. The van der Waals surface area contributed by atoms with E-state index >= 15 is 0 Å². The zero-order valence-corrected chi connectivity index (χ0v) is 14.0. The number of hydrogen-bond donors (Lipinski definition) is 1. The minimum absolute atomic E-state index is 0.276. The van der Waals surface area contributed by atoms with Crippen molar-refractivity contribution in [3.8, 4) is 0 Å². The topological polar surface area (TPSA) is 41.1 Å². The second kappa shape index (κ2) is 6.56. The second-order valence-corrected chi connectivity index (χ2v) is 6.74. The Morgan fingerprint density at radius 2 is 2.10 bits per heavy atom. The molecule has 1 aromatic rings. The van der Waals surface area contributed by atoms with E-state index in [0.29, 0.717) is 0 Å². The Hall–Kier alpha value is -1.42. The molecule has 0 spiro atoms. The molecule has 0 atom stereocenters. The molecule has 4 heteroatoms. The molecule has 2 heterocycles. The molecule has 0 saturated heterocycles. The molecule has 0 unspecified atom stereocenters. The molecule has 2 rings (SSSR count). The van der Waals surface area contributed by atoms with Crippen molar-refractivity contribution in [2.75, 3.05) is 24.5 Å². The molecule has 4 nitrogen and oxygen atoms in total. The molecule has 0 aromatic carbocycles. The van der Waals surface area contributed by atoms with Crippen LogP contribution in [0.2, 0.25) is 0 Å². The summed E-state index contributed by atoms with van der Waals surface area (Å²) in [6.45, 7) is 14.8. The van der Waals surface area contributed by atoms with Crippen LogP contribution in [-0.2, 0) is 6.54 Å². The van der Waals surface area contributed by atoms with Gasteiger partial charge in [-0.1, -0.05) is 39.3 Å². The molecule has 1 aliphatic rings. The van der Waals surface area contributed by atoms with Crippen LogP contribution in [-0.4, -0.2) is 29.6 Å². The van der Waals surface area contributed by atoms with Crippen LogP contribution < -0.4 is 10.2 Å². The molecule has 1 aromatic heterocycles. The number of nitrogens with zero attached hydrogens (tertiary/aromatic N) is 3. The first-order valence-corrected chi connectivity index (χ1v) is 7.89. The van der Waals surface area contributed by atoms with Crippen LogP contribution >= 0.6 is 0 Å². The molecule has 0 aliphatic carbocycles. The summed E-state index contributed by atoms with van der Waals surface area (Å²) in [5.41, 5.74) is 4.08. The fourth-order valence-corrected chi connectivity index (χ4v) is 2.60. The van der Waals surface area contributed by atoms with Gasteiger partial charge in [-0.25, -0.2) is 9.97 Å². The third kappa shape index (κ3) is 4.03. The summed E-state index contributed by atoms with van der Waals surface area (Å²) in [5, 5.41) is 3.32. The standard InChI is InChI=1S/C17H28N4/c1-6-18-11-14-12-19-16(20-13(14)2)21-9-7-15(8-10-21)17(3,4)5/h7,12,18H,6,8-11H2,1-5H3. The minimum Gasteiger partial charge on any atom is -0.337 e. The van der Waals surface area contributed by atoms with Gasteiger partial charge in [-0.05, 0) is 25.3 Å². The Balaban J connectivity index is 2.07. The van der Waals surface area contributed by atoms with Crippen molar-refractivity contribution < 1.29 is 0 Å². The lowest BCUT2D eigenvalue weighted by Crippen LogP contribution is -2.32. The van der Waals surface area contributed by atoms with E-state index in [1.165, 1.54) is 5.56 Å². The predicted molar refractivity (Wildman–Crippen MR) is 88.5 cm³/mol. The third-order valence-electron chi connectivity index (χ3n) is 4.09. The first-order chi connectivity index (χ1) is 9.91. The van der Waals surface area contributed by atoms with Gasteiger partial charge in [0.05, 0.1) is 0 Å². The predicted octanol–water partition coefficient (Wildman–Crippen LogP) is 3.08. The van der Waals surface area contributed by atoms with Crippen LogP contribution in [0.15, 0.2) is 17.8 Å². The Kier molecular flexibility index (Phi) is 4.99. The highest BCUT2D eigenvalue weighted by atomic mass is 15.2. The Morgan fingerprint density at radius 1 is 1.33 bits per heavy atom. The van der Waals surface area contributed by atoms with E-state index in [0.717, 1.165) is 44.2 Å². The minimum atomic E-state index is 0.276. The lowest BCUT2D eigenvalue weighted by Gasteiger charge is -2.32. The fourth-order valence-electron chi connectivity index (χ4n) is 2.60. The van der Waals surface area contributed by atoms with Crippen molar-refractivity contribution in [1.82, 2.24) is 15.3 Å². The van der Waals surface area contributed by atoms with Crippen molar-refractivity contribution in [3.63, 3.8) is 0 Å². The number of aryl methyl sites for hydroxylation is 1. The number of hydrogen-bond acceptors (Lipinski definition) is 4. The van der Waals surface area contributed by atoms with Crippen LogP contribution in [0.3, 0.4) is 0 Å². The van der Waals surface area contributed by atoms with Gasteiger partial charge in [0.25, 0.3) is 0 Å². The van der Waals surface area contributed by atoms with E-state index in [1.807, 2.05) is 6.20 Å². The van der Waals surface area contributed by atoms with E-state index in [9.17, 15) is 0 Å². The summed E-state index contributed by atoms with van der Waals surface area (Å²) < 4.78 is 0. The quantitative estimate of drug-likeness (QED) is 0.865. The number of nitrogens with one attached hydrogen (secondary N) is 1. The summed E-state index contributed by atoms with van der Waals surface area (Å²) in [6.07, 6.45) is 5.41. The highest BCUT2D eigenvalue weighted by Gasteiger charge is 2.22. The largest absolute Gasteiger partial charge is 0.337 e. The van der Waals surface area contributed by atoms with Crippen LogP contribution in [0, 0.1) is 12.3 Å². The molecule has 0 fully saturated rings. The highest BCUT2D eigenvalue weighted by Crippen LogP contribution is 2.30. The van der Waals surface area contributed by atoms with Crippen LogP contribution in [0.4, 0.5) is 5.95 Å². The van der Waals surface area contributed by atoms with Gasteiger partial charge in [0.15, 0.2) is 0 Å². The molecule has 0 radical (unpaired) electrons. The van der Waals surface area contributed by atoms with Gasteiger partial charge >= 0.3 is 0 Å². The molecule has 0 amide bonds. The number of rotatable bonds is 4. The van der Waals surface area contributed by atoms with Gasteiger partial charge in [-0.3, -0.25) is 0 Å². The molecule has 1 N–H and O–H groups in total. The molecular weight excluding hydrogens is 260 g/mol. The SMILES string of the molecule is CCNCc1cnc(N2CC=C(C(C)(C)C)CC2)nc1C. The molecular formula is C17H28N4. The Bertz CT molecular complexity index is 514. The average molecular weight is 288 g/mol. The first kappa shape index (κ1) is 16.0. The van der Waals surface area contributed by atoms with Gasteiger partial charge in [-0.15, -0.1) is 0 Å². The summed E-state index contributed by atoms with van der Waals surface area (Å²) in [6, 6.07) is 0. The zero-order chi connectivity index (χ0) is 15.5. The molecule has 116 valence electrons. The van der Waals surface area contributed by atoms with E-state index in [2.05, 4.69) is 60.9 Å². The van der Waals surface area contributed by atoms with Crippen LogP contribution in [0.25, 0.3) is 0 Å². The van der Waals surface area contributed by atoms with E-state index in [-0.39, 0.29) is 5.41 Å². The number of aromatic nitrogens is 2. The summed E-state index contributed by atoms with van der Waals surface area (Å²) in [4.78, 5) is 11.5.